The van der Waals surface area contributed by atoms with Crippen LogP contribution in [0.25, 0.3) is 0 Å². The van der Waals surface area contributed by atoms with Crippen LogP contribution < -0.4 is 0 Å². The maximum atomic E-state index is 11.3. The van der Waals surface area contributed by atoms with Gasteiger partial charge in [0.05, 0.1) is 12.1 Å². The van der Waals surface area contributed by atoms with Gasteiger partial charge in [-0.15, -0.1) is 0 Å². The number of carboxylic acid groups (broad SMARTS) is 1. The van der Waals surface area contributed by atoms with E-state index in [-0.39, 0.29) is 12.6 Å². The van der Waals surface area contributed by atoms with Crippen LogP contribution in [-0.2, 0) is 6.54 Å². The lowest BCUT2D eigenvalue weighted by Crippen LogP contribution is -2.52. The summed E-state index contributed by atoms with van der Waals surface area (Å²) in [5.41, 5.74) is 0.409. The third-order valence-electron chi connectivity index (χ3n) is 4.73. The molecule has 0 spiro atoms. The van der Waals surface area contributed by atoms with Gasteiger partial charge in [-0.05, 0) is 31.2 Å². The Bertz CT molecular complexity index is 508. The van der Waals surface area contributed by atoms with Gasteiger partial charge in [0, 0.05) is 25.7 Å². The monoisotopic (exact) mass is 304 g/mol. The van der Waals surface area contributed by atoms with E-state index in [1.54, 1.807) is 0 Å². The third kappa shape index (κ3) is 3.78. The number of piperidine rings is 1. The maximum Gasteiger partial charge on any atom is 0.407 e. The molecular formula is C17H24N2O3. The lowest BCUT2D eigenvalue weighted by atomic mass is 9.90. The van der Waals surface area contributed by atoms with Gasteiger partial charge in [0.2, 0.25) is 0 Å². The number of aliphatic hydroxyl groups is 1. The van der Waals surface area contributed by atoms with E-state index in [1.165, 1.54) is 10.5 Å². The predicted octanol–water partition coefficient (Wildman–Crippen LogP) is 2.16. The number of hydrogen-bond donors (Lipinski definition) is 2. The largest absolute Gasteiger partial charge is 0.465 e. The Labute approximate surface area is 131 Å². The zero-order valence-corrected chi connectivity index (χ0v) is 12.8. The fraction of sp³-hybridized carbons (Fsp3) is 0.588. The topological polar surface area (TPSA) is 64.0 Å². The average Bonchev–Trinajstić information content (AvgIpc) is 3.33. The molecule has 2 N–H and O–H groups in total. The second kappa shape index (κ2) is 6.26. The van der Waals surface area contributed by atoms with Gasteiger partial charge >= 0.3 is 6.09 Å². The van der Waals surface area contributed by atoms with E-state index in [0.717, 1.165) is 32.5 Å². The van der Waals surface area contributed by atoms with Gasteiger partial charge in [0.25, 0.3) is 0 Å². The smallest absolute Gasteiger partial charge is 0.407 e. The van der Waals surface area contributed by atoms with Crippen LogP contribution in [0.15, 0.2) is 30.3 Å². The first-order valence-corrected chi connectivity index (χ1v) is 8.04. The summed E-state index contributed by atoms with van der Waals surface area (Å²) in [7, 11) is 0. The van der Waals surface area contributed by atoms with Crippen molar-refractivity contribution in [1.29, 1.82) is 0 Å². The summed E-state index contributed by atoms with van der Waals surface area (Å²) in [6.07, 6.45) is 2.24. The van der Waals surface area contributed by atoms with Crippen LogP contribution in [0.5, 0.6) is 0 Å². The average molecular weight is 304 g/mol. The normalized spacial score (nSPS) is 21.5. The molecule has 0 bridgehead atoms. The molecule has 1 aliphatic carbocycles. The van der Waals surface area contributed by atoms with Crippen LogP contribution in [0.3, 0.4) is 0 Å². The van der Waals surface area contributed by atoms with Gasteiger partial charge in [-0.25, -0.2) is 4.79 Å². The second-order valence-corrected chi connectivity index (χ2v) is 6.63. The minimum Gasteiger partial charge on any atom is -0.465 e. The van der Waals surface area contributed by atoms with Gasteiger partial charge in [-0.3, -0.25) is 4.90 Å². The number of amides is 1. The Hall–Kier alpha value is -1.59. The van der Waals surface area contributed by atoms with Crippen LogP contribution in [-0.4, -0.2) is 57.4 Å². The highest BCUT2D eigenvalue weighted by Crippen LogP contribution is 2.31. The van der Waals surface area contributed by atoms with Crippen molar-refractivity contribution in [2.45, 2.75) is 43.9 Å². The lowest BCUT2D eigenvalue weighted by molar-refractivity contribution is -0.0444. The summed E-state index contributed by atoms with van der Waals surface area (Å²) in [6, 6.07) is 10.4. The Morgan fingerprint density at radius 2 is 1.86 bits per heavy atom. The minimum absolute atomic E-state index is 0.129. The Morgan fingerprint density at radius 1 is 1.23 bits per heavy atom. The molecule has 0 unspecified atom stereocenters. The van der Waals surface area contributed by atoms with Gasteiger partial charge in [-0.1, -0.05) is 30.3 Å². The van der Waals surface area contributed by atoms with Crippen molar-refractivity contribution in [2.75, 3.05) is 19.6 Å². The van der Waals surface area contributed by atoms with E-state index < -0.39 is 11.7 Å². The van der Waals surface area contributed by atoms with Crippen molar-refractivity contribution in [2.24, 2.45) is 0 Å². The van der Waals surface area contributed by atoms with Crippen molar-refractivity contribution < 1.29 is 15.0 Å². The van der Waals surface area contributed by atoms with E-state index in [1.807, 2.05) is 18.2 Å². The third-order valence-corrected chi connectivity index (χ3v) is 4.73. The van der Waals surface area contributed by atoms with Gasteiger partial charge in [0.15, 0.2) is 0 Å². The Morgan fingerprint density at radius 3 is 2.41 bits per heavy atom. The number of rotatable bonds is 5. The van der Waals surface area contributed by atoms with Crippen LogP contribution in [0.1, 0.15) is 31.2 Å². The first-order valence-electron chi connectivity index (χ1n) is 8.04. The molecule has 120 valence electrons. The molecular weight excluding hydrogens is 280 g/mol. The van der Waals surface area contributed by atoms with Gasteiger partial charge in [-0.2, -0.15) is 0 Å². The number of benzene rings is 1. The van der Waals surface area contributed by atoms with Crippen molar-refractivity contribution in [1.82, 2.24) is 9.80 Å². The summed E-state index contributed by atoms with van der Waals surface area (Å²) in [6.45, 7) is 2.77. The first kappa shape index (κ1) is 15.3. The zero-order chi connectivity index (χ0) is 15.6. The molecule has 0 radical (unpaired) electrons. The molecule has 3 rings (SSSR count). The first-order chi connectivity index (χ1) is 10.6. The van der Waals surface area contributed by atoms with Crippen molar-refractivity contribution in [3.63, 3.8) is 0 Å². The van der Waals surface area contributed by atoms with Crippen molar-refractivity contribution >= 4 is 6.09 Å². The quantitative estimate of drug-likeness (QED) is 0.875. The molecule has 1 heterocycles. The molecule has 1 aliphatic heterocycles. The van der Waals surface area contributed by atoms with E-state index in [0.29, 0.717) is 12.8 Å². The summed E-state index contributed by atoms with van der Waals surface area (Å²) >= 11 is 0. The number of likely N-dealkylation sites (tertiary alicyclic amines) is 1. The van der Waals surface area contributed by atoms with Gasteiger partial charge < -0.3 is 15.1 Å². The Kier molecular flexibility index (Phi) is 4.36. The standard InChI is InChI=1S/C17H24N2O3/c20-16(21)19(15-6-7-15)13-17(22)8-10-18(11-9-17)12-14-4-2-1-3-5-14/h1-5,15,22H,6-13H2,(H,20,21). The molecule has 5 heteroatoms. The fourth-order valence-electron chi connectivity index (χ4n) is 3.18. The SMILES string of the molecule is O=C(O)N(CC1(O)CCN(Cc2ccccc2)CC1)C1CC1. The molecule has 1 amide bonds. The highest BCUT2D eigenvalue weighted by atomic mass is 16.4. The summed E-state index contributed by atoms with van der Waals surface area (Å²) in [5.74, 6) is 0. The molecule has 2 fully saturated rings. The molecule has 22 heavy (non-hydrogen) atoms. The number of carbonyl (C=O) groups is 1. The molecule has 1 saturated heterocycles. The lowest BCUT2D eigenvalue weighted by Gasteiger charge is -2.40. The minimum atomic E-state index is -0.900. The van der Waals surface area contributed by atoms with E-state index in [2.05, 4.69) is 17.0 Å². The summed E-state index contributed by atoms with van der Waals surface area (Å²) in [4.78, 5) is 15.1. The zero-order valence-electron chi connectivity index (χ0n) is 12.8. The molecule has 1 aromatic carbocycles. The van der Waals surface area contributed by atoms with Crippen LogP contribution >= 0.6 is 0 Å². The van der Waals surface area contributed by atoms with Crippen molar-refractivity contribution in [3.05, 3.63) is 35.9 Å². The molecule has 2 aliphatic rings. The molecule has 1 saturated carbocycles. The van der Waals surface area contributed by atoms with Crippen molar-refractivity contribution in [3.8, 4) is 0 Å². The highest BCUT2D eigenvalue weighted by Gasteiger charge is 2.40. The number of nitrogens with zero attached hydrogens (tertiary/aromatic N) is 2. The summed E-state index contributed by atoms with van der Waals surface area (Å²) in [5, 5.41) is 20.0. The van der Waals surface area contributed by atoms with Gasteiger partial charge in [0.1, 0.15) is 0 Å². The van der Waals surface area contributed by atoms with Crippen LogP contribution in [0.2, 0.25) is 0 Å². The highest BCUT2D eigenvalue weighted by molar-refractivity contribution is 5.66. The van der Waals surface area contributed by atoms with E-state index in [9.17, 15) is 15.0 Å². The number of hydrogen-bond acceptors (Lipinski definition) is 3. The predicted molar refractivity (Wildman–Crippen MR) is 83.7 cm³/mol. The van der Waals surface area contributed by atoms with Crippen LogP contribution in [0.4, 0.5) is 4.79 Å². The maximum absolute atomic E-state index is 11.3. The molecule has 0 aromatic heterocycles. The Balaban J connectivity index is 1.52. The molecule has 5 nitrogen and oxygen atoms in total. The van der Waals surface area contributed by atoms with E-state index >= 15 is 0 Å². The molecule has 1 aromatic rings. The second-order valence-electron chi connectivity index (χ2n) is 6.63. The summed E-state index contributed by atoms with van der Waals surface area (Å²) < 4.78 is 0. The van der Waals surface area contributed by atoms with Crippen LogP contribution in [0, 0.1) is 0 Å². The van der Waals surface area contributed by atoms with E-state index in [4.69, 9.17) is 0 Å². The molecule has 0 atom stereocenters. The fourth-order valence-corrected chi connectivity index (χ4v) is 3.18.